The first-order valence-corrected chi connectivity index (χ1v) is 5.81. The van der Waals surface area contributed by atoms with Crippen molar-refractivity contribution in [1.82, 2.24) is 4.31 Å². The number of hydrogen-bond acceptors (Lipinski definition) is 2. The fourth-order valence-corrected chi connectivity index (χ4v) is 3.04. The minimum Gasteiger partial charge on any atom is -0.211 e. The van der Waals surface area contributed by atoms with Crippen molar-refractivity contribution >= 4 is 21.6 Å². The molecule has 64 valence electrons. The molecule has 0 aromatic heterocycles. The van der Waals surface area contributed by atoms with Crippen LogP contribution in [-0.4, -0.2) is 31.0 Å². The van der Waals surface area contributed by atoms with Crippen LogP contribution in [0.4, 0.5) is 0 Å². The van der Waals surface area contributed by atoms with Gasteiger partial charge in [0, 0.05) is 13.1 Å². The SMILES string of the molecule is O=S(=O)(CCl)N1CC2CC2C1. The quantitative estimate of drug-likeness (QED) is 0.601. The maximum absolute atomic E-state index is 11.2. The van der Waals surface area contributed by atoms with Crippen LogP contribution in [-0.2, 0) is 10.0 Å². The van der Waals surface area contributed by atoms with Gasteiger partial charge in [-0.25, -0.2) is 12.7 Å². The van der Waals surface area contributed by atoms with Crippen LogP contribution in [0.25, 0.3) is 0 Å². The second-order valence-corrected chi connectivity index (χ2v) is 5.85. The highest BCUT2D eigenvalue weighted by Gasteiger charge is 2.48. The lowest BCUT2D eigenvalue weighted by Crippen LogP contribution is -2.31. The Morgan fingerprint density at radius 1 is 1.36 bits per heavy atom. The summed E-state index contributed by atoms with van der Waals surface area (Å²) in [6.07, 6.45) is 1.22. The molecule has 2 aliphatic rings. The number of nitrogens with zero attached hydrogens (tertiary/aromatic N) is 1. The Hall–Kier alpha value is 0.200. The maximum atomic E-state index is 11.2. The molecule has 0 spiro atoms. The molecule has 0 radical (unpaired) electrons. The van der Waals surface area contributed by atoms with Crippen molar-refractivity contribution in [2.75, 3.05) is 18.3 Å². The molecular formula is C6H10ClNO2S. The number of alkyl halides is 1. The van der Waals surface area contributed by atoms with E-state index in [1.54, 1.807) is 0 Å². The van der Waals surface area contributed by atoms with Gasteiger partial charge in [-0.1, -0.05) is 0 Å². The third-order valence-electron chi connectivity index (χ3n) is 2.48. The molecule has 1 heterocycles. The van der Waals surface area contributed by atoms with Crippen LogP contribution in [0.5, 0.6) is 0 Å². The van der Waals surface area contributed by atoms with Gasteiger partial charge >= 0.3 is 0 Å². The Kier molecular flexibility index (Phi) is 1.67. The summed E-state index contributed by atoms with van der Waals surface area (Å²) >= 11 is 5.31. The fraction of sp³-hybridized carbons (Fsp3) is 1.00. The summed E-state index contributed by atoms with van der Waals surface area (Å²) in [5, 5.41) is -0.271. The van der Waals surface area contributed by atoms with Crippen molar-refractivity contribution in [3.05, 3.63) is 0 Å². The fourth-order valence-electron chi connectivity index (χ4n) is 1.65. The van der Waals surface area contributed by atoms with Gasteiger partial charge in [0.1, 0.15) is 5.21 Å². The van der Waals surface area contributed by atoms with E-state index in [4.69, 9.17) is 11.6 Å². The lowest BCUT2D eigenvalue weighted by Gasteiger charge is -2.14. The zero-order chi connectivity index (χ0) is 8.06. The maximum Gasteiger partial charge on any atom is 0.228 e. The average molecular weight is 196 g/mol. The molecule has 2 unspecified atom stereocenters. The van der Waals surface area contributed by atoms with Crippen LogP contribution < -0.4 is 0 Å². The molecule has 2 rings (SSSR count). The van der Waals surface area contributed by atoms with Gasteiger partial charge in [0.15, 0.2) is 0 Å². The summed E-state index contributed by atoms with van der Waals surface area (Å²) in [5.74, 6) is 1.29. The molecule has 11 heavy (non-hydrogen) atoms. The first-order valence-electron chi connectivity index (χ1n) is 3.67. The highest BCUT2D eigenvalue weighted by Crippen LogP contribution is 2.45. The standard InChI is InChI=1S/C6H10ClNO2S/c7-4-11(9,10)8-2-5-1-6(5)3-8/h5-6H,1-4H2. The number of halogens is 1. The summed E-state index contributed by atoms with van der Waals surface area (Å²) in [7, 11) is -3.10. The molecule has 2 fully saturated rings. The van der Waals surface area contributed by atoms with Crippen LogP contribution in [0.2, 0.25) is 0 Å². The Balaban J connectivity index is 2.07. The lowest BCUT2D eigenvalue weighted by atomic mass is 10.4. The minimum atomic E-state index is -3.10. The van der Waals surface area contributed by atoms with E-state index in [1.165, 1.54) is 10.7 Å². The largest absolute Gasteiger partial charge is 0.228 e. The van der Waals surface area contributed by atoms with Crippen molar-refractivity contribution in [1.29, 1.82) is 0 Å². The first-order chi connectivity index (χ1) is 5.13. The summed E-state index contributed by atoms with van der Waals surface area (Å²) in [6, 6.07) is 0. The van der Waals surface area contributed by atoms with Crippen molar-refractivity contribution in [3.8, 4) is 0 Å². The third-order valence-corrected chi connectivity index (χ3v) is 4.66. The molecule has 1 saturated carbocycles. The van der Waals surface area contributed by atoms with Crippen LogP contribution in [0.15, 0.2) is 0 Å². The van der Waals surface area contributed by atoms with E-state index in [0.717, 1.165) is 0 Å². The number of rotatable bonds is 2. The van der Waals surface area contributed by atoms with E-state index in [0.29, 0.717) is 24.9 Å². The number of sulfonamides is 1. The molecule has 0 amide bonds. The Labute approximate surface area is 71.4 Å². The van der Waals surface area contributed by atoms with Gasteiger partial charge in [0.05, 0.1) is 0 Å². The average Bonchev–Trinajstić information content (AvgIpc) is 2.59. The number of piperidine rings is 1. The van der Waals surface area contributed by atoms with E-state index < -0.39 is 10.0 Å². The van der Waals surface area contributed by atoms with Crippen LogP contribution in [0.3, 0.4) is 0 Å². The topological polar surface area (TPSA) is 37.4 Å². The van der Waals surface area contributed by atoms with Crippen molar-refractivity contribution in [3.63, 3.8) is 0 Å². The zero-order valence-electron chi connectivity index (χ0n) is 6.03. The number of fused-ring (bicyclic) bond motifs is 1. The van der Waals surface area contributed by atoms with Gasteiger partial charge < -0.3 is 0 Å². The first kappa shape index (κ1) is 7.83. The Bertz CT molecular complexity index is 254. The van der Waals surface area contributed by atoms with E-state index in [-0.39, 0.29) is 5.21 Å². The van der Waals surface area contributed by atoms with E-state index >= 15 is 0 Å². The summed E-state index contributed by atoms with van der Waals surface area (Å²) in [5.41, 5.74) is 0. The van der Waals surface area contributed by atoms with Crippen molar-refractivity contribution < 1.29 is 8.42 Å². The van der Waals surface area contributed by atoms with Gasteiger partial charge in [0.2, 0.25) is 10.0 Å². The molecule has 1 aliphatic heterocycles. The number of hydrogen-bond donors (Lipinski definition) is 0. The summed E-state index contributed by atoms with van der Waals surface area (Å²) in [4.78, 5) is 0. The van der Waals surface area contributed by atoms with Gasteiger partial charge in [0.25, 0.3) is 0 Å². The molecule has 2 atom stereocenters. The van der Waals surface area contributed by atoms with E-state index in [9.17, 15) is 8.42 Å². The van der Waals surface area contributed by atoms with Gasteiger partial charge in [-0.2, -0.15) is 0 Å². The monoisotopic (exact) mass is 195 g/mol. The lowest BCUT2D eigenvalue weighted by molar-refractivity contribution is 0.446. The summed E-state index contributed by atoms with van der Waals surface area (Å²) in [6.45, 7) is 1.42. The highest BCUT2D eigenvalue weighted by atomic mass is 35.5. The summed E-state index contributed by atoms with van der Waals surface area (Å²) < 4.78 is 23.8. The second kappa shape index (κ2) is 2.34. The highest BCUT2D eigenvalue weighted by molar-refractivity contribution is 7.90. The second-order valence-electron chi connectivity index (χ2n) is 3.29. The van der Waals surface area contributed by atoms with E-state index in [1.807, 2.05) is 0 Å². The van der Waals surface area contributed by atoms with Crippen LogP contribution >= 0.6 is 11.6 Å². The molecule has 1 aliphatic carbocycles. The molecule has 3 nitrogen and oxygen atoms in total. The van der Waals surface area contributed by atoms with Gasteiger partial charge in [-0.05, 0) is 18.3 Å². The predicted octanol–water partition coefficient (Wildman–Crippen LogP) is 0.464. The Morgan fingerprint density at radius 3 is 2.36 bits per heavy atom. The molecule has 0 aromatic carbocycles. The van der Waals surface area contributed by atoms with Crippen LogP contribution in [0, 0.1) is 11.8 Å². The molecule has 0 bridgehead atoms. The molecule has 5 heteroatoms. The Morgan fingerprint density at radius 2 is 1.91 bits per heavy atom. The predicted molar refractivity (Wildman–Crippen MR) is 42.8 cm³/mol. The van der Waals surface area contributed by atoms with E-state index in [2.05, 4.69) is 0 Å². The van der Waals surface area contributed by atoms with Crippen molar-refractivity contribution in [2.45, 2.75) is 6.42 Å². The van der Waals surface area contributed by atoms with Crippen molar-refractivity contribution in [2.24, 2.45) is 11.8 Å². The zero-order valence-corrected chi connectivity index (χ0v) is 7.61. The normalized spacial score (nSPS) is 37.2. The minimum absolute atomic E-state index is 0.271. The molecule has 1 saturated heterocycles. The third kappa shape index (κ3) is 1.27. The molecule has 0 N–H and O–H groups in total. The molecule has 0 aromatic rings. The molecular weight excluding hydrogens is 186 g/mol. The van der Waals surface area contributed by atoms with Gasteiger partial charge in [-0.3, -0.25) is 0 Å². The van der Waals surface area contributed by atoms with Gasteiger partial charge in [-0.15, -0.1) is 11.6 Å². The van der Waals surface area contributed by atoms with Crippen LogP contribution in [0.1, 0.15) is 6.42 Å². The smallest absolute Gasteiger partial charge is 0.211 e.